The molecule has 0 aromatic heterocycles. The molecule has 7 heteroatoms. The standard InChI is InChI=1S/C21H19N3O4/c1-3-28-17-9-7-15(8-10-17)18(25)13-24-19(26)21(2,23-20(24)27)16-6-4-5-14(11-16)12-22/h4-11H,3,13H2,1-2H3,(H,23,27)/t21-/m1/s1. The van der Waals surface area contributed by atoms with E-state index in [0.29, 0.717) is 29.0 Å². The molecule has 0 radical (unpaired) electrons. The van der Waals surface area contributed by atoms with Crippen molar-refractivity contribution in [2.24, 2.45) is 0 Å². The second-order valence-corrected chi connectivity index (χ2v) is 6.52. The Kier molecular flexibility index (Phi) is 5.14. The summed E-state index contributed by atoms with van der Waals surface area (Å²) in [6.07, 6.45) is 0. The van der Waals surface area contributed by atoms with E-state index in [9.17, 15) is 14.4 Å². The number of hydrogen-bond donors (Lipinski definition) is 1. The molecular formula is C21H19N3O4. The molecule has 1 atom stereocenters. The summed E-state index contributed by atoms with van der Waals surface area (Å²) in [5, 5.41) is 11.7. The molecule has 1 fully saturated rings. The van der Waals surface area contributed by atoms with Gasteiger partial charge in [0, 0.05) is 5.56 Å². The third-order valence-electron chi connectivity index (χ3n) is 4.63. The molecule has 3 amide bonds. The van der Waals surface area contributed by atoms with Crippen LogP contribution in [0.2, 0.25) is 0 Å². The molecule has 1 aliphatic rings. The second-order valence-electron chi connectivity index (χ2n) is 6.52. The Morgan fingerprint density at radius 1 is 1.21 bits per heavy atom. The van der Waals surface area contributed by atoms with Crippen LogP contribution in [0, 0.1) is 11.3 Å². The zero-order chi connectivity index (χ0) is 20.3. The molecule has 1 heterocycles. The SMILES string of the molecule is CCOc1ccc(C(=O)CN2C(=O)N[C@](C)(c3cccc(C#N)c3)C2=O)cc1. The van der Waals surface area contributed by atoms with E-state index in [0.717, 1.165) is 4.90 Å². The van der Waals surface area contributed by atoms with Gasteiger partial charge in [-0.3, -0.25) is 14.5 Å². The van der Waals surface area contributed by atoms with E-state index >= 15 is 0 Å². The van der Waals surface area contributed by atoms with Gasteiger partial charge in [0.2, 0.25) is 0 Å². The first kappa shape index (κ1) is 19.1. The minimum Gasteiger partial charge on any atom is -0.494 e. The van der Waals surface area contributed by atoms with Gasteiger partial charge in [-0.15, -0.1) is 0 Å². The Balaban J connectivity index is 1.79. The Labute approximate surface area is 162 Å². The van der Waals surface area contributed by atoms with Crippen LogP contribution in [0.3, 0.4) is 0 Å². The number of nitriles is 1. The fraction of sp³-hybridized carbons (Fsp3) is 0.238. The molecule has 28 heavy (non-hydrogen) atoms. The molecule has 1 saturated heterocycles. The van der Waals surface area contributed by atoms with Gasteiger partial charge >= 0.3 is 6.03 Å². The number of carbonyl (C=O) groups is 3. The minimum atomic E-state index is -1.33. The number of carbonyl (C=O) groups excluding carboxylic acids is 3. The lowest BCUT2D eigenvalue weighted by Crippen LogP contribution is -2.41. The topological polar surface area (TPSA) is 99.5 Å². The van der Waals surface area contributed by atoms with Gasteiger partial charge in [-0.2, -0.15) is 5.26 Å². The Bertz CT molecular complexity index is 978. The average molecular weight is 377 g/mol. The Morgan fingerprint density at radius 3 is 2.57 bits per heavy atom. The maximum Gasteiger partial charge on any atom is 0.325 e. The fourth-order valence-electron chi connectivity index (χ4n) is 3.07. The maximum absolute atomic E-state index is 12.9. The van der Waals surface area contributed by atoms with Crippen molar-refractivity contribution in [1.29, 1.82) is 5.26 Å². The molecule has 2 aromatic carbocycles. The average Bonchev–Trinajstić information content (AvgIpc) is 2.93. The van der Waals surface area contributed by atoms with Crippen LogP contribution in [-0.4, -0.2) is 35.8 Å². The predicted octanol–water partition coefficient (Wildman–Crippen LogP) is 2.61. The zero-order valence-corrected chi connectivity index (χ0v) is 15.6. The first-order valence-electron chi connectivity index (χ1n) is 8.80. The number of benzene rings is 2. The van der Waals surface area contributed by atoms with Crippen molar-refractivity contribution in [3.8, 4) is 11.8 Å². The van der Waals surface area contributed by atoms with Crippen LogP contribution < -0.4 is 10.1 Å². The molecule has 0 unspecified atom stereocenters. The first-order valence-corrected chi connectivity index (χ1v) is 8.80. The zero-order valence-electron chi connectivity index (χ0n) is 15.6. The van der Waals surface area contributed by atoms with Gasteiger partial charge in [0.15, 0.2) is 5.78 Å². The van der Waals surface area contributed by atoms with Crippen LogP contribution in [0.1, 0.15) is 35.3 Å². The van der Waals surface area contributed by atoms with Crippen molar-refractivity contribution in [2.75, 3.05) is 13.2 Å². The predicted molar refractivity (Wildman–Crippen MR) is 101 cm³/mol. The van der Waals surface area contributed by atoms with E-state index in [4.69, 9.17) is 10.00 Å². The van der Waals surface area contributed by atoms with Crippen LogP contribution >= 0.6 is 0 Å². The van der Waals surface area contributed by atoms with Crippen LogP contribution in [0.5, 0.6) is 5.75 Å². The highest BCUT2D eigenvalue weighted by atomic mass is 16.5. The fourth-order valence-corrected chi connectivity index (χ4v) is 3.07. The van der Waals surface area contributed by atoms with Gasteiger partial charge in [-0.25, -0.2) is 4.79 Å². The van der Waals surface area contributed by atoms with Gasteiger partial charge in [-0.1, -0.05) is 12.1 Å². The maximum atomic E-state index is 12.9. The number of ketones is 1. The minimum absolute atomic E-state index is 0.360. The van der Waals surface area contributed by atoms with Crippen molar-refractivity contribution in [3.63, 3.8) is 0 Å². The number of nitrogens with zero attached hydrogens (tertiary/aromatic N) is 2. The molecule has 0 aliphatic carbocycles. The summed E-state index contributed by atoms with van der Waals surface area (Å²) in [6.45, 7) is 3.57. The highest BCUT2D eigenvalue weighted by molar-refractivity contribution is 6.11. The summed E-state index contributed by atoms with van der Waals surface area (Å²) in [5.41, 5.74) is -0.0852. The van der Waals surface area contributed by atoms with Crippen LogP contribution in [-0.2, 0) is 10.3 Å². The third-order valence-corrected chi connectivity index (χ3v) is 4.63. The van der Waals surface area contributed by atoms with Crippen molar-refractivity contribution < 1.29 is 19.1 Å². The highest BCUT2D eigenvalue weighted by Gasteiger charge is 2.49. The Morgan fingerprint density at radius 2 is 1.93 bits per heavy atom. The number of amides is 3. The lowest BCUT2D eigenvalue weighted by Gasteiger charge is -2.22. The molecule has 0 saturated carbocycles. The van der Waals surface area contributed by atoms with Crippen LogP contribution in [0.25, 0.3) is 0 Å². The molecule has 0 spiro atoms. The molecule has 142 valence electrons. The number of rotatable bonds is 6. The third kappa shape index (κ3) is 3.45. The molecule has 0 bridgehead atoms. The Hall–Kier alpha value is -3.66. The van der Waals surface area contributed by atoms with E-state index in [2.05, 4.69) is 5.32 Å². The van der Waals surface area contributed by atoms with Crippen molar-refractivity contribution in [1.82, 2.24) is 10.2 Å². The highest BCUT2D eigenvalue weighted by Crippen LogP contribution is 2.29. The van der Waals surface area contributed by atoms with E-state index in [1.54, 1.807) is 55.5 Å². The van der Waals surface area contributed by atoms with E-state index in [1.165, 1.54) is 0 Å². The summed E-state index contributed by atoms with van der Waals surface area (Å²) in [5.74, 6) is -0.257. The summed E-state index contributed by atoms with van der Waals surface area (Å²) in [7, 11) is 0. The largest absolute Gasteiger partial charge is 0.494 e. The monoisotopic (exact) mass is 377 g/mol. The lowest BCUT2D eigenvalue weighted by atomic mass is 9.91. The molecule has 1 aliphatic heterocycles. The number of imide groups is 1. The number of urea groups is 1. The van der Waals surface area contributed by atoms with E-state index < -0.39 is 17.5 Å². The molecule has 2 aromatic rings. The van der Waals surface area contributed by atoms with Crippen LogP contribution in [0.4, 0.5) is 4.79 Å². The molecular weight excluding hydrogens is 358 g/mol. The number of nitrogens with one attached hydrogen (secondary N) is 1. The first-order chi connectivity index (χ1) is 13.4. The van der Waals surface area contributed by atoms with Crippen molar-refractivity contribution in [3.05, 3.63) is 65.2 Å². The molecule has 1 N–H and O–H groups in total. The van der Waals surface area contributed by atoms with Crippen molar-refractivity contribution >= 4 is 17.7 Å². The van der Waals surface area contributed by atoms with Gasteiger partial charge in [0.1, 0.15) is 11.3 Å². The molecule has 7 nitrogen and oxygen atoms in total. The summed E-state index contributed by atoms with van der Waals surface area (Å²) in [4.78, 5) is 38.8. The van der Waals surface area contributed by atoms with Gasteiger partial charge in [0.25, 0.3) is 5.91 Å². The smallest absolute Gasteiger partial charge is 0.325 e. The number of hydrogen-bond acceptors (Lipinski definition) is 5. The van der Waals surface area contributed by atoms with Gasteiger partial charge in [0.05, 0.1) is 24.8 Å². The number of Topliss-reactive ketones (excluding diaryl/α,β-unsaturated/α-hetero) is 1. The van der Waals surface area contributed by atoms with Crippen LogP contribution in [0.15, 0.2) is 48.5 Å². The lowest BCUT2D eigenvalue weighted by molar-refractivity contribution is -0.130. The van der Waals surface area contributed by atoms with E-state index in [1.807, 2.05) is 13.0 Å². The summed E-state index contributed by atoms with van der Waals surface area (Å²) < 4.78 is 5.34. The quantitative estimate of drug-likeness (QED) is 0.616. The molecule has 3 rings (SSSR count). The van der Waals surface area contributed by atoms with Gasteiger partial charge in [-0.05, 0) is 55.8 Å². The normalized spacial score (nSPS) is 18.5. The summed E-state index contributed by atoms with van der Waals surface area (Å²) in [6, 6.07) is 14.4. The van der Waals surface area contributed by atoms with E-state index in [-0.39, 0.29) is 12.3 Å². The summed E-state index contributed by atoms with van der Waals surface area (Å²) >= 11 is 0. The second kappa shape index (κ2) is 7.53. The van der Waals surface area contributed by atoms with Gasteiger partial charge < -0.3 is 10.1 Å². The number of ether oxygens (including phenoxy) is 1. The van der Waals surface area contributed by atoms with Crippen molar-refractivity contribution in [2.45, 2.75) is 19.4 Å².